The molecule has 2 nitrogen and oxygen atoms in total. The van der Waals surface area contributed by atoms with E-state index in [1.54, 1.807) is 0 Å². The number of hydrogen-bond donors (Lipinski definition) is 0. The van der Waals surface area contributed by atoms with Gasteiger partial charge in [0.2, 0.25) is 0 Å². The van der Waals surface area contributed by atoms with Crippen LogP contribution in [0.15, 0.2) is 255 Å². The zero-order chi connectivity index (χ0) is 48.2. The highest BCUT2D eigenvalue weighted by Gasteiger charge is 2.19. The maximum atomic E-state index is 2.36. The summed E-state index contributed by atoms with van der Waals surface area (Å²) in [7, 11) is 0. The summed E-state index contributed by atoms with van der Waals surface area (Å²) in [4.78, 5) is 4.71. The van der Waals surface area contributed by atoms with Crippen LogP contribution >= 0.6 is 0 Å². The summed E-state index contributed by atoms with van der Waals surface area (Å²) >= 11 is 0. The Balaban J connectivity index is 0.928. The minimum absolute atomic E-state index is 0.0629. The predicted octanol–water partition coefficient (Wildman–Crippen LogP) is 19.6. The minimum atomic E-state index is 0.0629. The van der Waals surface area contributed by atoms with Crippen LogP contribution in [-0.2, 0) is 10.8 Å². The van der Waals surface area contributed by atoms with Crippen LogP contribution in [0.3, 0.4) is 0 Å². The lowest BCUT2D eigenvalue weighted by Gasteiger charge is -2.28. The van der Waals surface area contributed by atoms with Gasteiger partial charge in [-0.3, -0.25) is 0 Å². The minimum Gasteiger partial charge on any atom is -0.311 e. The molecular weight excluding hydrogens is 845 g/mol. The van der Waals surface area contributed by atoms with E-state index in [9.17, 15) is 0 Å². The van der Waals surface area contributed by atoms with Crippen molar-refractivity contribution in [3.8, 4) is 55.6 Å². The van der Waals surface area contributed by atoms with E-state index in [4.69, 9.17) is 0 Å². The SMILES string of the molecule is CC(C)(C)c1ccc(N(c2ccc(-c3ccc(-c4ccccc4)cc3)cc2)c2ccc(-c3ccc(N(c4ccc(-c5ccc(-c6ccccc6)cc5)cc4)c4ccc(C(C)(C)C)cc4)cc3)cc2)cc1. The van der Waals surface area contributed by atoms with Crippen LogP contribution in [0.2, 0.25) is 0 Å². The third-order valence-corrected chi connectivity index (χ3v) is 13.5. The van der Waals surface area contributed by atoms with E-state index in [2.05, 4.69) is 306 Å². The number of rotatable bonds is 11. The summed E-state index contributed by atoms with van der Waals surface area (Å²) in [5.74, 6) is 0. The first kappa shape index (κ1) is 45.6. The Morgan fingerprint density at radius 3 is 0.529 bits per heavy atom. The monoisotopic (exact) mass is 904 g/mol. The van der Waals surface area contributed by atoms with Crippen molar-refractivity contribution in [3.05, 3.63) is 266 Å². The van der Waals surface area contributed by atoms with Crippen molar-refractivity contribution in [1.29, 1.82) is 0 Å². The Labute approximate surface area is 415 Å². The molecule has 70 heavy (non-hydrogen) atoms. The fourth-order valence-electron chi connectivity index (χ4n) is 9.30. The van der Waals surface area contributed by atoms with Gasteiger partial charge in [-0.25, -0.2) is 0 Å². The van der Waals surface area contributed by atoms with Crippen LogP contribution in [0.1, 0.15) is 52.7 Å². The molecule has 0 N–H and O–H groups in total. The number of nitrogens with zero attached hydrogens (tertiary/aromatic N) is 2. The molecule has 0 spiro atoms. The lowest BCUT2D eigenvalue weighted by atomic mass is 9.87. The van der Waals surface area contributed by atoms with Crippen molar-refractivity contribution in [2.45, 2.75) is 52.4 Å². The zero-order valence-electron chi connectivity index (χ0n) is 41.1. The van der Waals surface area contributed by atoms with Gasteiger partial charge in [0.15, 0.2) is 0 Å². The number of anilines is 6. The second-order valence-electron chi connectivity index (χ2n) is 20.3. The van der Waals surface area contributed by atoms with Crippen LogP contribution < -0.4 is 9.80 Å². The summed E-state index contributed by atoms with van der Waals surface area (Å²) in [5, 5.41) is 0. The van der Waals surface area contributed by atoms with E-state index in [1.807, 2.05) is 0 Å². The van der Waals surface area contributed by atoms with Gasteiger partial charge in [-0.05, 0) is 150 Å². The fourth-order valence-corrected chi connectivity index (χ4v) is 9.30. The molecule has 2 heteroatoms. The first-order chi connectivity index (χ1) is 33.9. The molecule has 0 aliphatic carbocycles. The van der Waals surface area contributed by atoms with Gasteiger partial charge in [-0.1, -0.05) is 224 Å². The average Bonchev–Trinajstić information content (AvgIpc) is 3.40. The Hall–Kier alpha value is -8.20. The summed E-state index contributed by atoms with van der Waals surface area (Å²) in [5.41, 5.74) is 21.4. The Morgan fingerprint density at radius 2 is 0.343 bits per heavy atom. The van der Waals surface area contributed by atoms with Crippen molar-refractivity contribution >= 4 is 34.1 Å². The van der Waals surface area contributed by atoms with Crippen molar-refractivity contribution in [3.63, 3.8) is 0 Å². The molecule has 0 saturated heterocycles. The topological polar surface area (TPSA) is 6.48 Å². The largest absolute Gasteiger partial charge is 0.311 e. The van der Waals surface area contributed by atoms with Crippen molar-refractivity contribution in [2.24, 2.45) is 0 Å². The van der Waals surface area contributed by atoms with Gasteiger partial charge in [-0.2, -0.15) is 0 Å². The van der Waals surface area contributed by atoms with E-state index in [0.29, 0.717) is 0 Å². The van der Waals surface area contributed by atoms with Crippen LogP contribution in [0.5, 0.6) is 0 Å². The molecular formula is C68H60N2. The molecule has 342 valence electrons. The molecule has 0 radical (unpaired) electrons. The lowest BCUT2D eigenvalue weighted by molar-refractivity contribution is 0.590. The third kappa shape index (κ3) is 10.00. The summed E-state index contributed by atoms with van der Waals surface area (Å²) in [6, 6.07) is 92.8. The van der Waals surface area contributed by atoms with Gasteiger partial charge < -0.3 is 9.80 Å². The van der Waals surface area contributed by atoms with E-state index in [0.717, 1.165) is 45.3 Å². The number of benzene rings is 10. The van der Waals surface area contributed by atoms with E-state index in [-0.39, 0.29) is 10.8 Å². The van der Waals surface area contributed by atoms with E-state index in [1.165, 1.54) is 55.6 Å². The Bertz CT molecular complexity index is 3040. The van der Waals surface area contributed by atoms with Gasteiger partial charge in [-0.15, -0.1) is 0 Å². The van der Waals surface area contributed by atoms with Crippen LogP contribution in [0.25, 0.3) is 55.6 Å². The third-order valence-electron chi connectivity index (χ3n) is 13.5. The zero-order valence-corrected chi connectivity index (χ0v) is 41.1. The van der Waals surface area contributed by atoms with Crippen molar-refractivity contribution in [1.82, 2.24) is 0 Å². The second kappa shape index (κ2) is 19.4. The Morgan fingerprint density at radius 1 is 0.186 bits per heavy atom. The standard InChI is InChI=1S/C68H60N2/c1-67(2,3)59-33-45-65(46-34-59)69(61-37-25-55(26-38-61)53-21-17-51(18-22-53)49-13-9-7-10-14-49)63-41-29-57(30-42-63)58-31-43-64(44-32-58)70(66-47-35-60(36-48-66)68(4,5)6)62-39-27-56(28-40-62)54-23-19-52(20-24-54)50-15-11-8-12-16-50/h7-48H,1-6H3. The highest BCUT2D eigenvalue weighted by molar-refractivity contribution is 5.83. The van der Waals surface area contributed by atoms with E-state index < -0.39 is 0 Å². The highest BCUT2D eigenvalue weighted by Crippen LogP contribution is 2.41. The smallest absolute Gasteiger partial charge is 0.0462 e. The molecule has 0 amide bonds. The lowest BCUT2D eigenvalue weighted by Crippen LogP contribution is -2.13. The van der Waals surface area contributed by atoms with Gasteiger partial charge in [0, 0.05) is 34.1 Å². The molecule has 0 aromatic heterocycles. The van der Waals surface area contributed by atoms with Gasteiger partial charge >= 0.3 is 0 Å². The molecule has 0 aliphatic heterocycles. The van der Waals surface area contributed by atoms with Gasteiger partial charge in [0.1, 0.15) is 0 Å². The summed E-state index contributed by atoms with van der Waals surface area (Å²) in [6.45, 7) is 13.6. The Kier molecular flexibility index (Phi) is 12.6. The first-order valence-corrected chi connectivity index (χ1v) is 24.5. The molecule has 10 rings (SSSR count). The molecule has 0 saturated carbocycles. The highest BCUT2D eigenvalue weighted by atomic mass is 15.1. The molecule has 0 unspecified atom stereocenters. The molecule has 0 fully saturated rings. The summed E-state index contributed by atoms with van der Waals surface area (Å²) < 4.78 is 0. The second-order valence-corrected chi connectivity index (χ2v) is 20.3. The van der Waals surface area contributed by atoms with Crippen LogP contribution in [-0.4, -0.2) is 0 Å². The fraction of sp³-hybridized carbons (Fsp3) is 0.118. The molecule has 0 atom stereocenters. The molecule has 10 aromatic rings. The molecule has 0 aliphatic rings. The molecule has 10 aromatic carbocycles. The van der Waals surface area contributed by atoms with Gasteiger partial charge in [0.05, 0.1) is 0 Å². The quantitative estimate of drug-likeness (QED) is 0.128. The van der Waals surface area contributed by atoms with Crippen LogP contribution in [0, 0.1) is 0 Å². The van der Waals surface area contributed by atoms with Crippen LogP contribution in [0.4, 0.5) is 34.1 Å². The van der Waals surface area contributed by atoms with E-state index >= 15 is 0 Å². The molecule has 0 bridgehead atoms. The normalized spacial score (nSPS) is 11.6. The first-order valence-electron chi connectivity index (χ1n) is 24.5. The summed E-state index contributed by atoms with van der Waals surface area (Å²) in [6.07, 6.45) is 0. The van der Waals surface area contributed by atoms with Gasteiger partial charge in [0.25, 0.3) is 0 Å². The number of hydrogen-bond acceptors (Lipinski definition) is 2. The van der Waals surface area contributed by atoms with Crippen molar-refractivity contribution < 1.29 is 0 Å². The molecule has 0 heterocycles. The average molecular weight is 905 g/mol. The maximum Gasteiger partial charge on any atom is 0.0462 e. The van der Waals surface area contributed by atoms with Crippen molar-refractivity contribution in [2.75, 3.05) is 9.80 Å². The predicted molar refractivity (Wildman–Crippen MR) is 300 cm³/mol. The maximum absolute atomic E-state index is 2.36.